The lowest BCUT2D eigenvalue weighted by atomic mass is 10.3. The van der Waals surface area contributed by atoms with Gasteiger partial charge in [0.2, 0.25) is 10.0 Å². The Labute approximate surface area is 106 Å². The fraction of sp³-hybridized carbons (Fsp3) is 0.333. The van der Waals surface area contributed by atoms with Crippen LogP contribution in [0.3, 0.4) is 0 Å². The Bertz CT molecular complexity index is 610. The van der Waals surface area contributed by atoms with Crippen molar-refractivity contribution < 1.29 is 16.8 Å². The van der Waals surface area contributed by atoms with Crippen molar-refractivity contribution in [1.82, 2.24) is 4.72 Å². The summed E-state index contributed by atoms with van der Waals surface area (Å²) in [6.07, 6.45) is 1.04. The van der Waals surface area contributed by atoms with E-state index in [-0.39, 0.29) is 22.9 Å². The largest absolute Gasteiger partial charge is 0.323 e. The first-order chi connectivity index (χ1) is 8.26. The van der Waals surface area contributed by atoms with Crippen LogP contribution in [0.15, 0.2) is 29.2 Å². The lowest BCUT2D eigenvalue weighted by Gasteiger charge is -2.10. The molecule has 1 aromatic rings. The van der Waals surface area contributed by atoms with Gasteiger partial charge in [0.15, 0.2) is 0 Å². The molecule has 4 N–H and O–H groups in total. The monoisotopic (exact) mass is 293 g/mol. The summed E-state index contributed by atoms with van der Waals surface area (Å²) in [5, 5.41) is 0. The van der Waals surface area contributed by atoms with E-state index in [1.807, 2.05) is 0 Å². The second-order valence-electron chi connectivity index (χ2n) is 3.67. The molecule has 1 rings (SSSR count). The van der Waals surface area contributed by atoms with Gasteiger partial charge in [-0.3, -0.25) is 5.84 Å². The Balaban J connectivity index is 2.87. The summed E-state index contributed by atoms with van der Waals surface area (Å²) in [6, 6.07) is 6.06. The molecule has 0 aliphatic heterocycles. The molecule has 0 aliphatic rings. The van der Waals surface area contributed by atoms with Crippen molar-refractivity contribution in [2.45, 2.75) is 4.90 Å². The van der Waals surface area contributed by atoms with Crippen LogP contribution in [-0.4, -0.2) is 35.4 Å². The Kier molecular flexibility index (Phi) is 4.68. The van der Waals surface area contributed by atoms with Gasteiger partial charge < -0.3 is 5.43 Å². The van der Waals surface area contributed by atoms with Gasteiger partial charge in [-0.15, -0.1) is 0 Å². The van der Waals surface area contributed by atoms with Gasteiger partial charge in [0.05, 0.1) is 11.4 Å². The third-order valence-electron chi connectivity index (χ3n) is 2.10. The highest BCUT2D eigenvalue weighted by atomic mass is 32.2. The van der Waals surface area contributed by atoms with E-state index in [9.17, 15) is 16.8 Å². The zero-order chi connectivity index (χ0) is 13.8. The first-order valence-corrected chi connectivity index (χ1v) is 8.54. The number of hydrogen-bond donors (Lipinski definition) is 3. The van der Waals surface area contributed by atoms with E-state index in [0.717, 1.165) is 6.26 Å². The van der Waals surface area contributed by atoms with E-state index in [2.05, 4.69) is 10.1 Å². The first-order valence-electron chi connectivity index (χ1n) is 4.99. The minimum absolute atomic E-state index is 0.0269. The zero-order valence-corrected chi connectivity index (χ0v) is 11.4. The summed E-state index contributed by atoms with van der Waals surface area (Å²) in [5.41, 5.74) is 2.51. The number of nitrogen functional groups attached to an aromatic ring is 1. The third kappa shape index (κ3) is 4.26. The van der Waals surface area contributed by atoms with Gasteiger partial charge >= 0.3 is 0 Å². The second-order valence-corrected chi connectivity index (χ2v) is 7.66. The van der Waals surface area contributed by atoms with Gasteiger partial charge in [0.25, 0.3) is 0 Å². The maximum absolute atomic E-state index is 11.9. The molecule has 0 aliphatic carbocycles. The minimum atomic E-state index is -3.78. The molecule has 0 amide bonds. The van der Waals surface area contributed by atoms with Gasteiger partial charge in [0.1, 0.15) is 14.7 Å². The highest BCUT2D eigenvalue weighted by Crippen LogP contribution is 2.18. The van der Waals surface area contributed by atoms with Gasteiger partial charge in [0, 0.05) is 12.8 Å². The Morgan fingerprint density at radius 3 is 2.33 bits per heavy atom. The maximum atomic E-state index is 11.9. The van der Waals surface area contributed by atoms with E-state index >= 15 is 0 Å². The van der Waals surface area contributed by atoms with Gasteiger partial charge in [-0.2, -0.15) is 0 Å². The molecule has 0 heterocycles. The fourth-order valence-corrected chi connectivity index (χ4v) is 3.06. The van der Waals surface area contributed by atoms with E-state index in [1.54, 1.807) is 12.1 Å². The van der Waals surface area contributed by atoms with Crippen LogP contribution in [-0.2, 0) is 19.9 Å². The van der Waals surface area contributed by atoms with Crippen LogP contribution >= 0.6 is 0 Å². The summed E-state index contributed by atoms with van der Waals surface area (Å²) >= 11 is 0. The van der Waals surface area contributed by atoms with Crippen molar-refractivity contribution in [3.8, 4) is 0 Å². The topological polar surface area (TPSA) is 118 Å². The minimum Gasteiger partial charge on any atom is -0.323 e. The fourth-order valence-electron chi connectivity index (χ4n) is 1.26. The van der Waals surface area contributed by atoms with Crippen molar-refractivity contribution in [2.24, 2.45) is 5.84 Å². The predicted octanol–water partition coefficient (Wildman–Crippen LogP) is -0.705. The number of sulfone groups is 1. The summed E-state index contributed by atoms with van der Waals surface area (Å²) in [4.78, 5) is -0.0269. The molecule has 18 heavy (non-hydrogen) atoms. The van der Waals surface area contributed by atoms with Crippen LogP contribution in [0.4, 0.5) is 5.69 Å². The number of sulfonamides is 1. The highest BCUT2D eigenvalue weighted by molar-refractivity contribution is 7.91. The van der Waals surface area contributed by atoms with Crippen LogP contribution in [0.5, 0.6) is 0 Å². The van der Waals surface area contributed by atoms with E-state index < -0.39 is 19.9 Å². The lowest BCUT2D eigenvalue weighted by molar-refractivity contribution is 0.582. The molecule has 0 spiro atoms. The number of para-hydroxylation sites is 1. The van der Waals surface area contributed by atoms with E-state index in [0.29, 0.717) is 0 Å². The quantitative estimate of drug-likeness (QED) is 0.471. The van der Waals surface area contributed by atoms with Crippen LogP contribution in [0.1, 0.15) is 0 Å². The smallest absolute Gasteiger partial charge is 0.242 e. The molecule has 9 heteroatoms. The number of hydrazine groups is 1. The SMILES string of the molecule is CS(=O)(=O)CCNS(=O)(=O)c1ccccc1NN. The maximum Gasteiger partial charge on any atom is 0.242 e. The van der Waals surface area contributed by atoms with Crippen molar-refractivity contribution >= 4 is 25.5 Å². The number of nitrogens with one attached hydrogen (secondary N) is 2. The molecule has 7 nitrogen and oxygen atoms in total. The summed E-state index contributed by atoms with van der Waals surface area (Å²) in [7, 11) is -6.99. The van der Waals surface area contributed by atoms with Crippen molar-refractivity contribution in [3.05, 3.63) is 24.3 Å². The first kappa shape index (κ1) is 14.9. The Hall–Kier alpha value is -1.16. The molecule has 0 bridgehead atoms. The molecule has 0 radical (unpaired) electrons. The number of anilines is 1. The third-order valence-corrected chi connectivity index (χ3v) is 4.56. The van der Waals surface area contributed by atoms with Crippen molar-refractivity contribution in [3.63, 3.8) is 0 Å². The van der Waals surface area contributed by atoms with Crippen molar-refractivity contribution in [1.29, 1.82) is 0 Å². The standard InChI is InChI=1S/C9H15N3O4S2/c1-17(13,14)7-6-11-18(15,16)9-5-3-2-4-8(9)12-10/h2-5,11-12H,6-7,10H2,1H3. The molecule has 1 aromatic carbocycles. The molecular weight excluding hydrogens is 278 g/mol. The molecule has 0 saturated heterocycles. The molecule has 0 atom stereocenters. The molecule has 0 unspecified atom stereocenters. The molecule has 0 fully saturated rings. The van der Waals surface area contributed by atoms with Crippen molar-refractivity contribution in [2.75, 3.05) is 24.0 Å². The predicted molar refractivity (Wildman–Crippen MR) is 69.2 cm³/mol. The van der Waals surface area contributed by atoms with Gasteiger partial charge in [-0.1, -0.05) is 12.1 Å². The van der Waals surface area contributed by atoms with Crippen LogP contribution < -0.4 is 16.0 Å². The molecule has 0 saturated carbocycles. The summed E-state index contributed by atoms with van der Waals surface area (Å²) in [5.74, 6) is 4.95. The van der Waals surface area contributed by atoms with E-state index in [4.69, 9.17) is 5.84 Å². The highest BCUT2D eigenvalue weighted by Gasteiger charge is 2.17. The van der Waals surface area contributed by atoms with E-state index in [1.165, 1.54) is 12.1 Å². The molecule has 102 valence electrons. The molecule has 0 aromatic heterocycles. The van der Waals surface area contributed by atoms with Crippen LogP contribution in [0.25, 0.3) is 0 Å². The average Bonchev–Trinajstić information content (AvgIpc) is 2.27. The van der Waals surface area contributed by atoms with Gasteiger partial charge in [-0.05, 0) is 12.1 Å². The lowest BCUT2D eigenvalue weighted by Crippen LogP contribution is -2.29. The number of hydrogen-bond acceptors (Lipinski definition) is 6. The number of benzene rings is 1. The summed E-state index contributed by atoms with van der Waals surface area (Å²) in [6.45, 7) is -0.180. The van der Waals surface area contributed by atoms with Crippen LogP contribution in [0.2, 0.25) is 0 Å². The Morgan fingerprint density at radius 2 is 1.78 bits per heavy atom. The normalized spacial score (nSPS) is 12.3. The molecular formula is C9H15N3O4S2. The zero-order valence-electron chi connectivity index (χ0n) is 9.75. The van der Waals surface area contributed by atoms with Crippen LogP contribution in [0, 0.1) is 0 Å². The number of rotatable bonds is 6. The Morgan fingerprint density at radius 1 is 1.17 bits per heavy atom. The average molecular weight is 293 g/mol. The summed E-state index contributed by atoms with van der Waals surface area (Å²) < 4.78 is 47.8. The van der Waals surface area contributed by atoms with Gasteiger partial charge in [-0.25, -0.2) is 21.6 Å². The number of nitrogens with two attached hydrogens (primary N) is 1. The second kappa shape index (κ2) is 5.65.